The lowest BCUT2D eigenvalue weighted by Gasteiger charge is -2.09. The Hall–Kier alpha value is -1.46. The Morgan fingerprint density at radius 3 is 3.00 bits per heavy atom. The SMILES string of the molecule is COCc1c(C)c(Cl)nn2c(=O)ccnc12. The summed E-state index contributed by atoms with van der Waals surface area (Å²) in [7, 11) is 1.57. The van der Waals surface area contributed by atoms with Crippen molar-refractivity contribution in [3.05, 3.63) is 38.9 Å². The summed E-state index contributed by atoms with van der Waals surface area (Å²) in [6.07, 6.45) is 1.45. The van der Waals surface area contributed by atoms with E-state index < -0.39 is 0 Å². The molecule has 2 rings (SSSR count). The second kappa shape index (κ2) is 4.19. The molecule has 2 heterocycles. The Bertz CT molecular complexity index is 594. The van der Waals surface area contributed by atoms with Gasteiger partial charge < -0.3 is 4.74 Å². The van der Waals surface area contributed by atoms with Crippen molar-refractivity contribution in [2.75, 3.05) is 7.11 Å². The van der Waals surface area contributed by atoms with Crippen molar-refractivity contribution in [2.24, 2.45) is 0 Å². The van der Waals surface area contributed by atoms with Gasteiger partial charge >= 0.3 is 0 Å². The minimum atomic E-state index is -0.260. The van der Waals surface area contributed by atoms with Crippen LogP contribution in [0, 0.1) is 6.92 Å². The van der Waals surface area contributed by atoms with Gasteiger partial charge in [0, 0.05) is 24.9 Å². The van der Waals surface area contributed by atoms with Gasteiger partial charge in [-0.25, -0.2) is 4.98 Å². The monoisotopic (exact) mass is 239 g/mol. The molecule has 0 aliphatic carbocycles. The van der Waals surface area contributed by atoms with Gasteiger partial charge in [-0.1, -0.05) is 11.6 Å². The average Bonchev–Trinajstić information content (AvgIpc) is 2.26. The Morgan fingerprint density at radius 2 is 2.31 bits per heavy atom. The number of rotatable bonds is 2. The number of nitrogens with zero attached hydrogens (tertiary/aromatic N) is 3. The molecule has 6 heteroatoms. The topological polar surface area (TPSA) is 56.5 Å². The molecule has 16 heavy (non-hydrogen) atoms. The fraction of sp³-hybridized carbons (Fsp3) is 0.300. The molecule has 2 aromatic rings. The van der Waals surface area contributed by atoms with Crippen LogP contribution in [0.4, 0.5) is 0 Å². The standard InChI is InChI=1S/C10H10ClN3O2/c1-6-7(5-16-2)10-12-4-3-8(15)14(10)13-9(6)11/h3-4H,5H2,1-2H3. The largest absolute Gasteiger partial charge is 0.380 e. The number of halogens is 1. The summed E-state index contributed by atoms with van der Waals surface area (Å²) in [4.78, 5) is 15.7. The van der Waals surface area contributed by atoms with E-state index in [1.165, 1.54) is 16.8 Å². The van der Waals surface area contributed by atoms with Gasteiger partial charge in [0.2, 0.25) is 0 Å². The molecule has 0 bridgehead atoms. The fourth-order valence-corrected chi connectivity index (χ4v) is 1.67. The van der Waals surface area contributed by atoms with E-state index in [1.54, 1.807) is 7.11 Å². The summed E-state index contributed by atoms with van der Waals surface area (Å²) in [6, 6.07) is 1.34. The summed E-state index contributed by atoms with van der Waals surface area (Å²) in [5, 5.41) is 4.26. The first-order valence-corrected chi connectivity index (χ1v) is 5.05. The third-order valence-electron chi connectivity index (χ3n) is 2.33. The molecule has 0 spiro atoms. The summed E-state index contributed by atoms with van der Waals surface area (Å²) in [5.74, 6) is 0. The molecule has 0 radical (unpaired) electrons. The number of ether oxygens (including phenoxy) is 1. The highest BCUT2D eigenvalue weighted by atomic mass is 35.5. The predicted octanol–water partition coefficient (Wildman–Crippen LogP) is 1.20. The molecule has 0 aromatic carbocycles. The van der Waals surface area contributed by atoms with Gasteiger partial charge in [0.1, 0.15) is 0 Å². The second-order valence-corrected chi connectivity index (χ2v) is 3.70. The third-order valence-corrected chi connectivity index (χ3v) is 2.69. The first kappa shape index (κ1) is 11.0. The van der Waals surface area contributed by atoms with Crippen molar-refractivity contribution in [1.82, 2.24) is 14.6 Å². The van der Waals surface area contributed by atoms with Crippen LogP contribution in [-0.2, 0) is 11.3 Å². The van der Waals surface area contributed by atoms with Crippen LogP contribution < -0.4 is 5.56 Å². The van der Waals surface area contributed by atoms with Crippen molar-refractivity contribution in [3.63, 3.8) is 0 Å². The highest BCUT2D eigenvalue weighted by Crippen LogP contribution is 2.19. The van der Waals surface area contributed by atoms with Gasteiger partial charge in [0.25, 0.3) is 5.56 Å². The molecular weight excluding hydrogens is 230 g/mol. The Kier molecular flexibility index (Phi) is 2.89. The van der Waals surface area contributed by atoms with E-state index >= 15 is 0 Å². The summed E-state index contributed by atoms with van der Waals surface area (Å²) in [5.41, 5.74) is 1.78. The second-order valence-electron chi connectivity index (χ2n) is 3.35. The zero-order valence-corrected chi connectivity index (χ0v) is 9.65. The first-order valence-electron chi connectivity index (χ1n) is 4.67. The van der Waals surface area contributed by atoms with Gasteiger partial charge in [-0.15, -0.1) is 0 Å². The Morgan fingerprint density at radius 1 is 1.56 bits per heavy atom. The normalized spacial score (nSPS) is 10.9. The lowest BCUT2D eigenvalue weighted by Crippen LogP contribution is -2.18. The van der Waals surface area contributed by atoms with E-state index in [2.05, 4.69) is 10.1 Å². The van der Waals surface area contributed by atoms with E-state index in [0.29, 0.717) is 12.3 Å². The van der Waals surface area contributed by atoms with Crippen LogP contribution in [0.3, 0.4) is 0 Å². The van der Waals surface area contributed by atoms with Crippen molar-refractivity contribution in [1.29, 1.82) is 0 Å². The molecule has 5 nitrogen and oxygen atoms in total. The minimum absolute atomic E-state index is 0.260. The predicted molar refractivity (Wildman–Crippen MR) is 59.7 cm³/mol. The van der Waals surface area contributed by atoms with Crippen LogP contribution in [0.15, 0.2) is 17.1 Å². The molecule has 0 atom stereocenters. The maximum absolute atomic E-state index is 11.6. The lowest BCUT2D eigenvalue weighted by molar-refractivity contribution is 0.185. The highest BCUT2D eigenvalue weighted by Gasteiger charge is 2.12. The van der Waals surface area contributed by atoms with Crippen molar-refractivity contribution >= 4 is 17.2 Å². The van der Waals surface area contributed by atoms with E-state index in [9.17, 15) is 4.79 Å². The minimum Gasteiger partial charge on any atom is -0.380 e. The molecule has 0 aliphatic heterocycles. The third kappa shape index (κ3) is 1.68. The molecule has 0 saturated heterocycles. The van der Waals surface area contributed by atoms with E-state index in [-0.39, 0.29) is 10.7 Å². The quantitative estimate of drug-likeness (QED) is 0.790. The average molecular weight is 240 g/mol. The van der Waals surface area contributed by atoms with E-state index in [1.807, 2.05) is 6.92 Å². The number of methoxy groups -OCH3 is 1. The van der Waals surface area contributed by atoms with Crippen molar-refractivity contribution in [2.45, 2.75) is 13.5 Å². The zero-order valence-electron chi connectivity index (χ0n) is 8.90. The van der Waals surface area contributed by atoms with E-state index in [0.717, 1.165) is 11.1 Å². The molecule has 0 saturated carbocycles. The Labute approximate surface area is 96.6 Å². The molecule has 0 fully saturated rings. The lowest BCUT2D eigenvalue weighted by atomic mass is 10.2. The van der Waals surface area contributed by atoms with Crippen LogP contribution in [0.25, 0.3) is 5.65 Å². The van der Waals surface area contributed by atoms with Crippen LogP contribution in [0.1, 0.15) is 11.1 Å². The molecule has 0 amide bonds. The first-order chi connectivity index (χ1) is 7.65. The number of hydrogen-bond donors (Lipinski definition) is 0. The summed E-state index contributed by atoms with van der Waals surface area (Å²) in [6.45, 7) is 2.16. The van der Waals surface area contributed by atoms with Crippen molar-refractivity contribution < 1.29 is 4.74 Å². The Balaban J connectivity index is 2.89. The van der Waals surface area contributed by atoms with Crippen LogP contribution in [0.5, 0.6) is 0 Å². The number of fused-ring (bicyclic) bond motifs is 1. The van der Waals surface area contributed by atoms with Gasteiger partial charge in [0.05, 0.1) is 6.61 Å². The van der Waals surface area contributed by atoms with Crippen LogP contribution >= 0.6 is 11.6 Å². The van der Waals surface area contributed by atoms with Crippen LogP contribution in [-0.4, -0.2) is 21.7 Å². The van der Waals surface area contributed by atoms with Gasteiger partial charge in [-0.3, -0.25) is 4.79 Å². The maximum atomic E-state index is 11.6. The van der Waals surface area contributed by atoms with Crippen molar-refractivity contribution in [3.8, 4) is 0 Å². The summed E-state index contributed by atoms with van der Waals surface area (Å²) >= 11 is 5.95. The van der Waals surface area contributed by atoms with Gasteiger partial charge in [-0.05, 0) is 12.5 Å². The molecular formula is C10H10ClN3O2. The summed E-state index contributed by atoms with van der Waals surface area (Å²) < 4.78 is 6.25. The molecule has 0 unspecified atom stereocenters. The smallest absolute Gasteiger partial charge is 0.274 e. The van der Waals surface area contributed by atoms with Gasteiger partial charge in [0.15, 0.2) is 10.8 Å². The fourth-order valence-electron chi connectivity index (χ4n) is 1.48. The number of hydrogen-bond acceptors (Lipinski definition) is 4. The zero-order chi connectivity index (χ0) is 11.7. The molecule has 2 aromatic heterocycles. The molecule has 84 valence electrons. The van der Waals surface area contributed by atoms with E-state index in [4.69, 9.17) is 16.3 Å². The molecule has 0 aliphatic rings. The van der Waals surface area contributed by atoms with Gasteiger partial charge in [-0.2, -0.15) is 9.61 Å². The van der Waals surface area contributed by atoms with Crippen LogP contribution in [0.2, 0.25) is 5.15 Å². The maximum Gasteiger partial charge on any atom is 0.274 e. The molecule has 0 N–H and O–H groups in total. The highest BCUT2D eigenvalue weighted by molar-refractivity contribution is 6.30. The number of aromatic nitrogens is 3.